The van der Waals surface area contributed by atoms with Crippen LogP contribution in [0.15, 0.2) is 48.5 Å². The molecule has 2 aliphatic rings. The summed E-state index contributed by atoms with van der Waals surface area (Å²) in [5.41, 5.74) is 4.41. The topological polar surface area (TPSA) is 44.8 Å². The minimum Gasteiger partial charge on any atom is -0.465 e. The first kappa shape index (κ1) is 14.4. The third-order valence-corrected chi connectivity index (χ3v) is 4.92. The Bertz CT molecular complexity index is 725. The molecule has 1 heterocycles. The van der Waals surface area contributed by atoms with Gasteiger partial charge in [0.05, 0.1) is 25.7 Å². The molecule has 0 radical (unpaired) electrons. The highest BCUT2D eigenvalue weighted by Crippen LogP contribution is 2.51. The Morgan fingerprint density at radius 3 is 1.91 bits per heavy atom. The minimum absolute atomic E-state index is 0.374. The van der Waals surface area contributed by atoms with E-state index in [1.54, 1.807) is 6.92 Å². The number of hydrogen-bond acceptors (Lipinski definition) is 4. The van der Waals surface area contributed by atoms with Crippen LogP contribution in [0.4, 0.5) is 0 Å². The molecule has 1 saturated heterocycles. The van der Waals surface area contributed by atoms with Crippen molar-refractivity contribution < 1.29 is 19.0 Å². The van der Waals surface area contributed by atoms with E-state index in [-0.39, 0.29) is 5.41 Å². The van der Waals surface area contributed by atoms with Crippen LogP contribution in [0.25, 0.3) is 11.1 Å². The minimum atomic E-state index is -1.34. The smallest absolute Gasteiger partial charge is 0.366 e. The van der Waals surface area contributed by atoms with Crippen LogP contribution in [0.2, 0.25) is 0 Å². The van der Waals surface area contributed by atoms with Gasteiger partial charge in [0.15, 0.2) is 0 Å². The summed E-state index contributed by atoms with van der Waals surface area (Å²) in [6, 6.07) is 16.6. The SMILES string of the molecule is COC(=O)C1(C)OCC2(CO1)c1ccccc1-c1ccccc12. The standard InChI is InChI=1S/C19H18O4/c1-18(17(20)21-2)22-11-19(12-23-18)15-9-5-3-7-13(15)14-8-4-6-10-16(14)19/h3-10H,11-12H2,1-2H3. The predicted octanol–water partition coefficient (Wildman–Crippen LogP) is 2.89. The maximum absolute atomic E-state index is 11.9. The molecule has 2 aromatic rings. The fraction of sp³-hybridized carbons (Fsp3) is 0.316. The van der Waals surface area contributed by atoms with Gasteiger partial charge in [-0.2, -0.15) is 0 Å². The van der Waals surface area contributed by atoms with Gasteiger partial charge in [-0.25, -0.2) is 4.79 Å². The van der Waals surface area contributed by atoms with E-state index in [1.807, 2.05) is 24.3 Å². The molecule has 4 nitrogen and oxygen atoms in total. The summed E-state index contributed by atoms with van der Waals surface area (Å²) in [7, 11) is 1.34. The monoisotopic (exact) mass is 310 g/mol. The summed E-state index contributed by atoms with van der Waals surface area (Å²) >= 11 is 0. The van der Waals surface area contributed by atoms with Gasteiger partial charge in [0.2, 0.25) is 0 Å². The molecule has 0 unspecified atom stereocenters. The van der Waals surface area contributed by atoms with Gasteiger partial charge in [0, 0.05) is 6.92 Å². The number of fused-ring (bicyclic) bond motifs is 5. The van der Waals surface area contributed by atoms with Crippen molar-refractivity contribution in [3.63, 3.8) is 0 Å². The largest absolute Gasteiger partial charge is 0.465 e. The third-order valence-electron chi connectivity index (χ3n) is 4.92. The van der Waals surface area contributed by atoms with Crippen molar-refractivity contribution in [2.24, 2.45) is 0 Å². The van der Waals surface area contributed by atoms with Gasteiger partial charge < -0.3 is 14.2 Å². The van der Waals surface area contributed by atoms with Crippen LogP contribution in [-0.2, 0) is 24.4 Å². The number of rotatable bonds is 1. The quantitative estimate of drug-likeness (QED) is 0.760. The van der Waals surface area contributed by atoms with Crippen LogP contribution in [0.5, 0.6) is 0 Å². The van der Waals surface area contributed by atoms with Crippen LogP contribution in [0.3, 0.4) is 0 Å². The Morgan fingerprint density at radius 1 is 0.957 bits per heavy atom. The fourth-order valence-corrected chi connectivity index (χ4v) is 3.64. The van der Waals surface area contributed by atoms with Gasteiger partial charge >= 0.3 is 5.97 Å². The van der Waals surface area contributed by atoms with E-state index in [0.29, 0.717) is 13.2 Å². The number of ether oxygens (including phenoxy) is 3. The second kappa shape index (κ2) is 4.91. The summed E-state index contributed by atoms with van der Waals surface area (Å²) < 4.78 is 16.5. The lowest BCUT2D eigenvalue weighted by Gasteiger charge is -2.42. The normalized spacial score (nSPS) is 19.9. The zero-order valence-corrected chi connectivity index (χ0v) is 13.2. The average molecular weight is 310 g/mol. The van der Waals surface area contributed by atoms with E-state index in [4.69, 9.17) is 14.2 Å². The molecule has 1 aliphatic carbocycles. The third kappa shape index (κ3) is 1.89. The summed E-state index contributed by atoms with van der Waals surface area (Å²) in [5, 5.41) is 0. The lowest BCUT2D eigenvalue weighted by atomic mass is 9.79. The number of hydrogen-bond donors (Lipinski definition) is 0. The highest BCUT2D eigenvalue weighted by atomic mass is 16.7. The van der Waals surface area contributed by atoms with E-state index >= 15 is 0 Å². The Balaban J connectivity index is 1.80. The van der Waals surface area contributed by atoms with Gasteiger partial charge in [0.1, 0.15) is 0 Å². The molecule has 23 heavy (non-hydrogen) atoms. The molecule has 2 aromatic carbocycles. The molecule has 118 valence electrons. The maximum Gasteiger partial charge on any atom is 0.366 e. The van der Waals surface area contributed by atoms with Crippen LogP contribution in [-0.4, -0.2) is 32.1 Å². The highest BCUT2D eigenvalue weighted by Gasteiger charge is 2.52. The van der Waals surface area contributed by atoms with Gasteiger partial charge in [-0.1, -0.05) is 48.5 Å². The summed E-state index contributed by atoms with van der Waals surface area (Å²) in [6.07, 6.45) is 0. The molecule has 4 rings (SSSR count). The van der Waals surface area contributed by atoms with Crippen molar-refractivity contribution in [1.29, 1.82) is 0 Å². The molecule has 4 heteroatoms. The second-order valence-electron chi connectivity index (χ2n) is 6.19. The summed E-state index contributed by atoms with van der Waals surface area (Å²) in [4.78, 5) is 11.9. The predicted molar refractivity (Wildman–Crippen MR) is 85.0 cm³/mol. The number of carbonyl (C=O) groups is 1. The number of carbonyl (C=O) groups excluding carboxylic acids is 1. The molecular weight excluding hydrogens is 292 g/mol. The molecule has 1 aliphatic heterocycles. The first-order valence-electron chi connectivity index (χ1n) is 7.66. The maximum atomic E-state index is 11.9. The van der Waals surface area contributed by atoms with Crippen molar-refractivity contribution in [2.75, 3.05) is 20.3 Å². The van der Waals surface area contributed by atoms with Crippen LogP contribution < -0.4 is 0 Å². The summed E-state index contributed by atoms with van der Waals surface area (Å²) in [5.74, 6) is -1.85. The Labute approximate surface area is 135 Å². The van der Waals surface area contributed by atoms with Crippen molar-refractivity contribution in [1.82, 2.24) is 0 Å². The van der Waals surface area contributed by atoms with Crippen LogP contribution >= 0.6 is 0 Å². The Hall–Kier alpha value is -2.17. The molecular formula is C19H18O4. The van der Waals surface area contributed by atoms with Crippen LogP contribution in [0.1, 0.15) is 18.1 Å². The van der Waals surface area contributed by atoms with Crippen molar-refractivity contribution in [2.45, 2.75) is 18.1 Å². The first-order chi connectivity index (χ1) is 11.1. The van der Waals surface area contributed by atoms with Crippen molar-refractivity contribution in [3.8, 4) is 11.1 Å². The van der Waals surface area contributed by atoms with Gasteiger partial charge in [0.25, 0.3) is 5.79 Å². The van der Waals surface area contributed by atoms with Gasteiger partial charge in [-0.05, 0) is 22.3 Å². The lowest BCUT2D eigenvalue weighted by molar-refractivity contribution is -0.273. The zero-order valence-electron chi connectivity index (χ0n) is 13.2. The Kier molecular flexibility index (Phi) is 3.08. The fourth-order valence-electron chi connectivity index (χ4n) is 3.64. The molecule has 1 fully saturated rings. The van der Waals surface area contributed by atoms with E-state index < -0.39 is 11.8 Å². The molecule has 0 bridgehead atoms. The van der Waals surface area contributed by atoms with Crippen molar-refractivity contribution >= 4 is 5.97 Å². The molecule has 0 N–H and O–H groups in total. The van der Waals surface area contributed by atoms with E-state index in [9.17, 15) is 4.79 Å². The number of esters is 1. The molecule has 1 spiro atoms. The second-order valence-corrected chi connectivity index (χ2v) is 6.19. The molecule has 0 saturated carbocycles. The first-order valence-corrected chi connectivity index (χ1v) is 7.66. The number of methoxy groups -OCH3 is 1. The molecule has 0 amide bonds. The van der Waals surface area contributed by atoms with Gasteiger partial charge in [-0.15, -0.1) is 0 Å². The molecule has 0 atom stereocenters. The summed E-state index contributed by atoms with van der Waals surface area (Å²) in [6.45, 7) is 2.37. The number of benzene rings is 2. The van der Waals surface area contributed by atoms with Crippen LogP contribution in [0, 0.1) is 0 Å². The van der Waals surface area contributed by atoms with E-state index in [2.05, 4.69) is 24.3 Å². The zero-order chi connectivity index (χ0) is 16.1. The highest BCUT2D eigenvalue weighted by molar-refractivity contribution is 5.82. The van der Waals surface area contributed by atoms with Gasteiger partial charge in [-0.3, -0.25) is 0 Å². The van der Waals surface area contributed by atoms with Crippen molar-refractivity contribution in [3.05, 3.63) is 59.7 Å². The van der Waals surface area contributed by atoms with E-state index in [1.165, 1.54) is 29.4 Å². The average Bonchev–Trinajstić information content (AvgIpc) is 2.88. The molecule has 0 aromatic heterocycles. The van der Waals surface area contributed by atoms with E-state index in [0.717, 1.165) is 0 Å². The lowest BCUT2D eigenvalue weighted by Crippen LogP contribution is -2.54. The Morgan fingerprint density at radius 2 is 1.43 bits per heavy atom.